The molecule has 2 aliphatic heterocycles. The number of carbonyl (C=O) groups is 1. The number of ether oxygens (including phenoxy) is 1. The lowest BCUT2D eigenvalue weighted by atomic mass is 9.81. The van der Waals surface area contributed by atoms with Crippen molar-refractivity contribution in [2.24, 2.45) is 0 Å². The third-order valence-corrected chi connectivity index (χ3v) is 6.78. The van der Waals surface area contributed by atoms with Crippen molar-refractivity contribution in [2.75, 3.05) is 18.1 Å². The van der Waals surface area contributed by atoms with E-state index in [4.69, 9.17) is 14.0 Å². The molecular formula is C23H34BN5O4. The van der Waals surface area contributed by atoms with Crippen molar-refractivity contribution < 1.29 is 18.8 Å². The Hall–Kier alpha value is -2.46. The van der Waals surface area contributed by atoms with E-state index in [2.05, 4.69) is 40.7 Å². The van der Waals surface area contributed by atoms with E-state index in [0.29, 0.717) is 24.8 Å². The Kier molecular flexibility index (Phi) is 6.03. The topological polar surface area (TPSA) is 91.6 Å². The first-order chi connectivity index (χ1) is 15.4. The molecule has 0 radical (unpaired) electrons. The maximum Gasteiger partial charge on any atom is 0.498 e. The van der Waals surface area contributed by atoms with Crippen LogP contribution in [0.1, 0.15) is 89.1 Å². The fourth-order valence-electron chi connectivity index (χ4n) is 4.34. The zero-order valence-electron chi connectivity index (χ0n) is 20.9. The van der Waals surface area contributed by atoms with E-state index >= 15 is 0 Å². The molecule has 33 heavy (non-hydrogen) atoms. The van der Waals surface area contributed by atoms with Crippen LogP contribution in [0.25, 0.3) is 0 Å². The van der Waals surface area contributed by atoms with Gasteiger partial charge in [0.1, 0.15) is 0 Å². The van der Waals surface area contributed by atoms with Gasteiger partial charge in [0.2, 0.25) is 5.95 Å². The largest absolute Gasteiger partial charge is 0.498 e. The third-order valence-electron chi connectivity index (χ3n) is 6.78. The maximum atomic E-state index is 12.6. The number of nitrogens with zero attached hydrogens (tertiary/aromatic N) is 5. The molecule has 1 atom stereocenters. The summed E-state index contributed by atoms with van der Waals surface area (Å²) in [7, 11) is -0.504. The fourth-order valence-corrected chi connectivity index (χ4v) is 4.34. The Morgan fingerprint density at radius 1 is 1.21 bits per heavy atom. The normalized spacial score (nSPS) is 21.4. The molecule has 10 heteroatoms. The summed E-state index contributed by atoms with van der Waals surface area (Å²) in [5, 5.41) is 4.62. The molecule has 0 bridgehead atoms. The molecule has 0 N–H and O–H groups in total. The van der Waals surface area contributed by atoms with Gasteiger partial charge in [0.05, 0.1) is 24.4 Å². The summed E-state index contributed by atoms with van der Waals surface area (Å²) in [4.78, 5) is 23.9. The number of aromatic nitrogens is 4. The van der Waals surface area contributed by atoms with Crippen molar-refractivity contribution in [1.82, 2.24) is 19.7 Å². The van der Waals surface area contributed by atoms with Crippen LogP contribution in [0.15, 0.2) is 12.4 Å². The summed E-state index contributed by atoms with van der Waals surface area (Å²) >= 11 is 0. The first-order valence-electron chi connectivity index (χ1n) is 11.7. The Morgan fingerprint density at radius 3 is 2.36 bits per heavy atom. The predicted octanol–water partition coefficient (Wildman–Crippen LogP) is 2.85. The van der Waals surface area contributed by atoms with E-state index in [0.717, 1.165) is 23.3 Å². The smallest absolute Gasteiger partial charge is 0.461 e. The molecule has 2 aliphatic rings. The van der Waals surface area contributed by atoms with Crippen LogP contribution in [0, 0.1) is 0 Å². The van der Waals surface area contributed by atoms with Crippen molar-refractivity contribution in [1.29, 1.82) is 0 Å². The summed E-state index contributed by atoms with van der Waals surface area (Å²) < 4.78 is 19.4. The monoisotopic (exact) mass is 455 g/mol. The molecule has 4 heterocycles. The Balaban J connectivity index is 1.60. The number of carbonyl (C=O) groups excluding carboxylic acids is 1. The van der Waals surface area contributed by atoms with E-state index in [1.165, 1.54) is 0 Å². The second kappa shape index (κ2) is 8.40. The fraction of sp³-hybridized carbons (Fsp3) is 0.652. The van der Waals surface area contributed by atoms with Crippen molar-refractivity contribution in [2.45, 2.75) is 85.1 Å². The number of hydrogen-bond acceptors (Lipinski definition) is 8. The van der Waals surface area contributed by atoms with Gasteiger partial charge in [0.25, 0.3) is 0 Å². The van der Waals surface area contributed by atoms with Gasteiger partial charge in [-0.25, -0.2) is 14.8 Å². The van der Waals surface area contributed by atoms with E-state index in [-0.39, 0.29) is 17.9 Å². The lowest BCUT2D eigenvalue weighted by Crippen LogP contribution is -2.41. The summed E-state index contributed by atoms with van der Waals surface area (Å²) in [6, 6.07) is 0.145. The van der Waals surface area contributed by atoms with Crippen LogP contribution in [0.2, 0.25) is 0 Å². The number of anilines is 1. The van der Waals surface area contributed by atoms with Crippen molar-refractivity contribution in [3.8, 4) is 0 Å². The van der Waals surface area contributed by atoms with Gasteiger partial charge < -0.3 is 18.9 Å². The van der Waals surface area contributed by atoms with Crippen LogP contribution in [0.3, 0.4) is 0 Å². The van der Waals surface area contributed by atoms with Crippen LogP contribution in [0.5, 0.6) is 0 Å². The van der Waals surface area contributed by atoms with Crippen LogP contribution in [0.4, 0.5) is 5.95 Å². The molecule has 0 saturated carbocycles. The van der Waals surface area contributed by atoms with Gasteiger partial charge in [-0.3, -0.25) is 4.68 Å². The Labute approximate surface area is 196 Å². The molecule has 1 saturated heterocycles. The maximum absolute atomic E-state index is 12.6. The van der Waals surface area contributed by atoms with Gasteiger partial charge in [-0.15, -0.1) is 0 Å². The zero-order valence-corrected chi connectivity index (χ0v) is 20.9. The molecule has 9 nitrogen and oxygen atoms in total. The Morgan fingerprint density at radius 2 is 1.82 bits per heavy atom. The van der Waals surface area contributed by atoms with E-state index in [9.17, 15) is 4.79 Å². The molecule has 0 unspecified atom stereocenters. The van der Waals surface area contributed by atoms with E-state index < -0.39 is 18.3 Å². The number of fused-ring (bicyclic) bond motifs is 1. The minimum Gasteiger partial charge on any atom is -0.461 e. The molecular weight excluding hydrogens is 421 g/mol. The molecule has 0 aliphatic carbocycles. The van der Waals surface area contributed by atoms with Crippen molar-refractivity contribution in [3.63, 3.8) is 0 Å². The van der Waals surface area contributed by atoms with Gasteiger partial charge >= 0.3 is 13.1 Å². The highest BCUT2D eigenvalue weighted by Gasteiger charge is 2.52. The lowest BCUT2D eigenvalue weighted by Gasteiger charge is -2.32. The van der Waals surface area contributed by atoms with Crippen LogP contribution in [-0.4, -0.2) is 57.2 Å². The van der Waals surface area contributed by atoms with Crippen molar-refractivity contribution in [3.05, 3.63) is 29.3 Å². The molecule has 0 aromatic carbocycles. The molecule has 178 valence electrons. The summed E-state index contributed by atoms with van der Waals surface area (Å²) in [6.07, 6.45) is 3.52. The molecule has 0 amide bonds. The summed E-state index contributed by atoms with van der Waals surface area (Å²) in [6.45, 7) is 17.7. The third kappa shape index (κ3) is 4.14. The van der Waals surface area contributed by atoms with Crippen molar-refractivity contribution >= 4 is 24.5 Å². The number of hydrogen-bond donors (Lipinski definition) is 0. The first-order valence-corrected chi connectivity index (χ1v) is 11.7. The zero-order chi connectivity index (χ0) is 24.1. The highest BCUT2D eigenvalue weighted by molar-refractivity contribution is 6.61. The number of esters is 1. The minimum absolute atomic E-state index is 0.145. The van der Waals surface area contributed by atoms with Crippen LogP contribution in [-0.2, 0) is 20.6 Å². The second-order valence-electron chi connectivity index (χ2n) is 10.2. The lowest BCUT2D eigenvalue weighted by molar-refractivity contribution is 0.00578. The quantitative estimate of drug-likeness (QED) is 0.502. The first kappa shape index (κ1) is 23.7. The molecule has 1 fully saturated rings. The van der Waals surface area contributed by atoms with Gasteiger partial charge in [-0.2, -0.15) is 5.10 Å². The second-order valence-corrected chi connectivity index (χ2v) is 10.2. The average molecular weight is 455 g/mol. The summed E-state index contributed by atoms with van der Waals surface area (Å²) in [5.41, 5.74) is 2.29. The molecule has 2 aromatic heterocycles. The Bertz CT molecular complexity index is 1020. The van der Waals surface area contributed by atoms with Gasteiger partial charge in [0.15, 0.2) is 5.69 Å². The number of rotatable bonds is 5. The minimum atomic E-state index is -0.504. The average Bonchev–Trinajstić information content (AvgIpc) is 3.23. The van der Waals surface area contributed by atoms with Gasteiger partial charge in [-0.1, -0.05) is 6.92 Å². The van der Waals surface area contributed by atoms with Gasteiger partial charge in [0, 0.05) is 47.6 Å². The van der Waals surface area contributed by atoms with Crippen LogP contribution < -0.4 is 10.4 Å². The predicted molar refractivity (Wildman–Crippen MR) is 126 cm³/mol. The highest BCUT2D eigenvalue weighted by Crippen LogP contribution is 2.37. The SMILES string of the molecule is CCOC(=O)c1nn(C(C)C)c2c1CN(c1ncc(B3OC(C)(C)C(C)(C)O3)cn1)C[C@@H]2C. The molecule has 0 spiro atoms. The molecule has 2 aromatic rings. The summed E-state index contributed by atoms with van der Waals surface area (Å²) in [5.74, 6) is 0.359. The van der Waals surface area contributed by atoms with E-state index in [1.807, 2.05) is 32.4 Å². The standard InChI is InChI=1S/C23H34BN5O4/c1-9-31-20(30)18-17-13-28(12-15(4)19(17)29(27-18)14(2)3)21-25-10-16(11-26-21)24-32-22(5,6)23(7,8)33-24/h10-11,14-15H,9,12-13H2,1-8H3/t15-/m0/s1. The molecule has 4 rings (SSSR count). The van der Waals surface area contributed by atoms with Crippen LogP contribution >= 0.6 is 0 Å². The van der Waals surface area contributed by atoms with Gasteiger partial charge in [-0.05, 0) is 48.5 Å². The highest BCUT2D eigenvalue weighted by atomic mass is 16.7. The van der Waals surface area contributed by atoms with E-state index in [1.54, 1.807) is 19.3 Å².